The lowest BCUT2D eigenvalue weighted by Crippen LogP contribution is -2.46. The van der Waals surface area contributed by atoms with Gasteiger partial charge in [0.25, 0.3) is 0 Å². The number of nitrogens with one attached hydrogen (secondary N) is 1. The Kier molecular flexibility index (Phi) is 4.32. The quantitative estimate of drug-likeness (QED) is 0.559. The van der Waals surface area contributed by atoms with E-state index >= 15 is 0 Å². The van der Waals surface area contributed by atoms with E-state index in [1.807, 2.05) is 19.9 Å². The molecule has 2 atom stereocenters. The molecule has 0 saturated heterocycles. The molecule has 0 bridgehead atoms. The van der Waals surface area contributed by atoms with Crippen LogP contribution in [0.3, 0.4) is 0 Å². The summed E-state index contributed by atoms with van der Waals surface area (Å²) in [6, 6.07) is 1.85. The molecule has 86 valence electrons. The van der Waals surface area contributed by atoms with Gasteiger partial charge in [-0.3, -0.25) is 5.84 Å². The first-order valence-electron chi connectivity index (χ1n) is 5.30. The van der Waals surface area contributed by atoms with Crippen molar-refractivity contribution in [1.29, 1.82) is 0 Å². The zero-order valence-corrected chi connectivity index (χ0v) is 9.62. The third-order valence-corrected chi connectivity index (χ3v) is 2.83. The van der Waals surface area contributed by atoms with Crippen molar-refractivity contribution in [2.24, 2.45) is 5.84 Å². The van der Waals surface area contributed by atoms with E-state index in [0.29, 0.717) is 6.61 Å². The van der Waals surface area contributed by atoms with Crippen molar-refractivity contribution in [2.45, 2.75) is 38.8 Å². The largest absolute Gasteiger partial charge is 0.472 e. The van der Waals surface area contributed by atoms with Crippen LogP contribution in [0.5, 0.6) is 0 Å². The standard InChI is InChI=1S/C11H20N2O2/c1-4-11(3,15-5-2)10(13-12)9-6-7-14-8-9/h6-8,10,13H,4-5,12H2,1-3H3. The number of furan rings is 1. The summed E-state index contributed by atoms with van der Waals surface area (Å²) in [5.41, 5.74) is 3.49. The Labute approximate surface area is 90.8 Å². The zero-order valence-electron chi connectivity index (χ0n) is 9.62. The normalized spacial score (nSPS) is 17.3. The predicted molar refractivity (Wildman–Crippen MR) is 59.1 cm³/mol. The van der Waals surface area contributed by atoms with Gasteiger partial charge in [-0.2, -0.15) is 0 Å². The van der Waals surface area contributed by atoms with Crippen LogP contribution in [0.2, 0.25) is 0 Å². The molecule has 2 unspecified atom stereocenters. The van der Waals surface area contributed by atoms with Crippen molar-refractivity contribution in [3.05, 3.63) is 24.2 Å². The van der Waals surface area contributed by atoms with Crippen LogP contribution < -0.4 is 11.3 Å². The molecule has 1 heterocycles. The first kappa shape index (κ1) is 12.2. The van der Waals surface area contributed by atoms with Crippen LogP contribution in [0, 0.1) is 0 Å². The highest BCUT2D eigenvalue weighted by Crippen LogP contribution is 2.31. The Balaban J connectivity index is 2.88. The van der Waals surface area contributed by atoms with Gasteiger partial charge in [-0.15, -0.1) is 0 Å². The summed E-state index contributed by atoms with van der Waals surface area (Å²) in [5, 5.41) is 0. The fourth-order valence-corrected chi connectivity index (χ4v) is 1.78. The number of nitrogens with two attached hydrogens (primary N) is 1. The van der Waals surface area contributed by atoms with E-state index in [0.717, 1.165) is 12.0 Å². The van der Waals surface area contributed by atoms with Crippen molar-refractivity contribution >= 4 is 0 Å². The van der Waals surface area contributed by atoms with Crippen LogP contribution in [-0.4, -0.2) is 12.2 Å². The van der Waals surface area contributed by atoms with E-state index in [1.165, 1.54) is 0 Å². The molecule has 1 aromatic heterocycles. The molecule has 15 heavy (non-hydrogen) atoms. The van der Waals surface area contributed by atoms with Crippen molar-refractivity contribution in [3.8, 4) is 0 Å². The van der Waals surface area contributed by atoms with Gasteiger partial charge in [-0.1, -0.05) is 6.92 Å². The maximum absolute atomic E-state index is 5.77. The van der Waals surface area contributed by atoms with Crippen LogP contribution >= 0.6 is 0 Å². The van der Waals surface area contributed by atoms with Crippen LogP contribution in [0.15, 0.2) is 23.0 Å². The highest BCUT2D eigenvalue weighted by Gasteiger charge is 2.34. The SMILES string of the molecule is CCOC(C)(CC)C(NN)c1ccoc1. The third kappa shape index (κ3) is 2.59. The average Bonchev–Trinajstić information content (AvgIpc) is 2.72. The lowest BCUT2D eigenvalue weighted by Gasteiger charge is -2.35. The molecular formula is C11H20N2O2. The summed E-state index contributed by atoms with van der Waals surface area (Å²) < 4.78 is 10.8. The minimum atomic E-state index is -0.312. The molecule has 0 aromatic carbocycles. The van der Waals surface area contributed by atoms with Crippen LogP contribution in [0.4, 0.5) is 0 Å². The van der Waals surface area contributed by atoms with Gasteiger partial charge < -0.3 is 9.15 Å². The molecule has 0 fully saturated rings. The summed E-state index contributed by atoms with van der Waals surface area (Å²) in [6.45, 7) is 6.78. The van der Waals surface area contributed by atoms with E-state index in [-0.39, 0.29) is 11.6 Å². The molecule has 0 aliphatic rings. The molecule has 0 saturated carbocycles. The van der Waals surface area contributed by atoms with Crippen molar-refractivity contribution in [2.75, 3.05) is 6.61 Å². The van der Waals surface area contributed by atoms with E-state index < -0.39 is 0 Å². The van der Waals surface area contributed by atoms with Gasteiger partial charge in [0.15, 0.2) is 0 Å². The molecule has 0 spiro atoms. The number of hydrogen-bond donors (Lipinski definition) is 2. The second kappa shape index (κ2) is 5.30. The first-order valence-corrected chi connectivity index (χ1v) is 5.30. The molecule has 0 radical (unpaired) electrons. The molecule has 1 aromatic rings. The summed E-state index contributed by atoms with van der Waals surface area (Å²) >= 11 is 0. The Hall–Kier alpha value is -0.840. The number of ether oxygens (including phenoxy) is 1. The van der Waals surface area contributed by atoms with Gasteiger partial charge in [-0.25, -0.2) is 5.43 Å². The second-order valence-corrected chi connectivity index (χ2v) is 3.76. The van der Waals surface area contributed by atoms with Gasteiger partial charge in [0, 0.05) is 12.2 Å². The number of hydrogen-bond acceptors (Lipinski definition) is 4. The summed E-state index contributed by atoms with van der Waals surface area (Å²) in [5.74, 6) is 5.58. The van der Waals surface area contributed by atoms with Gasteiger partial charge in [-0.05, 0) is 26.3 Å². The molecule has 4 nitrogen and oxygen atoms in total. The Bertz CT molecular complexity index is 274. The van der Waals surface area contributed by atoms with Gasteiger partial charge in [0.05, 0.1) is 24.2 Å². The molecule has 3 N–H and O–H groups in total. The summed E-state index contributed by atoms with van der Waals surface area (Å²) in [4.78, 5) is 0. The fraction of sp³-hybridized carbons (Fsp3) is 0.636. The topological polar surface area (TPSA) is 60.4 Å². The van der Waals surface area contributed by atoms with Crippen molar-refractivity contribution in [3.63, 3.8) is 0 Å². The van der Waals surface area contributed by atoms with Crippen molar-refractivity contribution < 1.29 is 9.15 Å². The highest BCUT2D eigenvalue weighted by molar-refractivity contribution is 5.16. The highest BCUT2D eigenvalue weighted by atomic mass is 16.5. The molecule has 1 rings (SSSR count). The smallest absolute Gasteiger partial charge is 0.0952 e. The molecular weight excluding hydrogens is 192 g/mol. The maximum Gasteiger partial charge on any atom is 0.0952 e. The number of rotatable bonds is 6. The van der Waals surface area contributed by atoms with E-state index in [1.54, 1.807) is 12.5 Å². The average molecular weight is 212 g/mol. The monoisotopic (exact) mass is 212 g/mol. The Morgan fingerprint density at radius 3 is 2.73 bits per heavy atom. The second-order valence-electron chi connectivity index (χ2n) is 3.76. The molecule has 0 aliphatic heterocycles. The van der Waals surface area contributed by atoms with E-state index in [2.05, 4.69) is 12.3 Å². The number of hydrazine groups is 1. The fourth-order valence-electron chi connectivity index (χ4n) is 1.78. The minimum absolute atomic E-state index is 0.0544. The Morgan fingerprint density at radius 2 is 2.33 bits per heavy atom. The minimum Gasteiger partial charge on any atom is -0.472 e. The van der Waals surface area contributed by atoms with Crippen LogP contribution in [0.25, 0.3) is 0 Å². The Morgan fingerprint density at radius 1 is 1.60 bits per heavy atom. The predicted octanol–water partition coefficient (Wildman–Crippen LogP) is 1.99. The van der Waals surface area contributed by atoms with Crippen LogP contribution in [-0.2, 0) is 4.74 Å². The van der Waals surface area contributed by atoms with E-state index in [9.17, 15) is 0 Å². The van der Waals surface area contributed by atoms with Gasteiger partial charge in [0.2, 0.25) is 0 Å². The summed E-state index contributed by atoms with van der Waals surface area (Å²) in [7, 11) is 0. The lowest BCUT2D eigenvalue weighted by atomic mass is 9.89. The van der Waals surface area contributed by atoms with E-state index in [4.69, 9.17) is 15.0 Å². The van der Waals surface area contributed by atoms with Crippen LogP contribution in [0.1, 0.15) is 38.8 Å². The third-order valence-electron chi connectivity index (χ3n) is 2.83. The maximum atomic E-state index is 5.77. The zero-order chi connectivity index (χ0) is 11.3. The van der Waals surface area contributed by atoms with Crippen molar-refractivity contribution in [1.82, 2.24) is 5.43 Å². The first-order chi connectivity index (χ1) is 7.18. The lowest BCUT2D eigenvalue weighted by molar-refractivity contribution is -0.0565. The molecule has 0 amide bonds. The summed E-state index contributed by atoms with van der Waals surface area (Å²) in [6.07, 6.45) is 4.21. The van der Waals surface area contributed by atoms with Gasteiger partial charge in [0.1, 0.15) is 0 Å². The van der Waals surface area contributed by atoms with Gasteiger partial charge >= 0.3 is 0 Å². The molecule has 4 heteroatoms. The molecule has 0 aliphatic carbocycles.